The SMILES string of the molecule is Cc1cc(-n2ccnc2)c2cccc(OCc3c(Cl)ccc(S(=O)(=O)N4CCC[C@H]4C(=O)NCCCN(C)C)c3Cl)c2n1. The second-order valence-corrected chi connectivity index (χ2v) is 13.4. The van der Waals surface area contributed by atoms with Crippen molar-refractivity contribution in [1.82, 2.24) is 29.1 Å². The number of rotatable bonds is 11. The van der Waals surface area contributed by atoms with Gasteiger partial charge in [-0.1, -0.05) is 35.3 Å². The van der Waals surface area contributed by atoms with Gasteiger partial charge in [-0.05, 0) is 71.1 Å². The predicted molar refractivity (Wildman–Crippen MR) is 167 cm³/mol. The van der Waals surface area contributed by atoms with Gasteiger partial charge in [0.25, 0.3) is 0 Å². The maximum atomic E-state index is 13.8. The Morgan fingerprint density at radius 2 is 2.02 bits per heavy atom. The molecule has 2 aromatic carbocycles. The summed E-state index contributed by atoms with van der Waals surface area (Å²) in [7, 11) is -0.185. The number of fused-ring (bicyclic) bond motifs is 1. The second kappa shape index (κ2) is 13.2. The van der Waals surface area contributed by atoms with Gasteiger partial charge in [-0.3, -0.25) is 4.79 Å². The van der Waals surface area contributed by atoms with Crippen molar-refractivity contribution in [3.8, 4) is 11.4 Å². The molecule has 4 aromatic rings. The third-order valence-corrected chi connectivity index (χ3v) is 10.2. The standard InChI is InChI=1S/C30H34Cl2N6O4S/c1-20-17-25(37-16-13-33-19-37)21-7-4-9-26(29(21)35-20)42-18-22-23(31)10-11-27(28(22)32)43(40,41)38-15-5-8-24(38)30(39)34-12-6-14-36(2)3/h4,7,9-11,13,16-17,19,24H,5-6,8,12,14-15,18H2,1-3H3,(H,34,39)/t24-/m0/s1. The molecule has 228 valence electrons. The summed E-state index contributed by atoms with van der Waals surface area (Å²) in [5.74, 6) is 0.191. The van der Waals surface area contributed by atoms with Crippen LogP contribution in [0.4, 0.5) is 0 Å². The minimum Gasteiger partial charge on any atom is -0.487 e. The highest BCUT2D eigenvalue weighted by molar-refractivity contribution is 7.89. The molecule has 1 aliphatic heterocycles. The molecule has 10 nitrogen and oxygen atoms in total. The van der Waals surface area contributed by atoms with Crippen molar-refractivity contribution in [3.05, 3.63) is 76.4 Å². The quantitative estimate of drug-likeness (QED) is 0.233. The molecule has 1 aliphatic rings. The van der Waals surface area contributed by atoms with Crippen molar-refractivity contribution in [2.75, 3.05) is 33.7 Å². The first-order valence-corrected chi connectivity index (χ1v) is 16.2. The van der Waals surface area contributed by atoms with Gasteiger partial charge < -0.3 is 19.5 Å². The Labute approximate surface area is 261 Å². The Morgan fingerprint density at radius 3 is 2.77 bits per heavy atom. The van der Waals surface area contributed by atoms with Crippen LogP contribution in [0.3, 0.4) is 0 Å². The zero-order valence-electron chi connectivity index (χ0n) is 24.3. The summed E-state index contributed by atoms with van der Waals surface area (Å²) in [6, 6.07) is 9.64. The average molecular weight is 646 g/mol. The summed E-state index contributed by atoms with van der Waals surface area (Å²) >= 11 is 13.3. The van der Waals surface area contributed by atoms with Crippen LogP contribution >= 0.6 is 23.2 Å². The maximum absolute atomic E-state index is 13.8. The largest absolute Gasteiger partial charge is 0.487 e. The van der Waals surface area contributed by atoms with Crippen molar-refractivity contribution < 1.29 is 17.9 Å². The van der Waals surface area contributed by atoms with Crippen LogP contribution < -0.4 is 10.1 Å². The van der Waals surface area contributed by atoms with E-state index in [4.69, 9.17) is 32.9 Å². The normalized spacial score (nSPS) is 15.8. The fourth-order valence-corrected chi connectivity index (χ4v) is 7.78. The lowest BCUT2D eigenvalue weighted by Crippen LogP contribution is -2.46. The molecule has 3 heterocycles. The smallest absolute Gasteiger partial charge is 0.245 e. The number of halogens is 2. The second-order valence-electron chi connectivity index (χ2n) is 10.8. The van der Waals surface area contributed by atoms with Gasteiger partial charge in [0.15, 0.2) is 0 Å². The van der Waals surface area contributed by atoms with Crippen LogP contribution in [0.25, 0.3) is 16.6 Å². The van der Waals surface area contributed by atoms with Crippen LogP contribution in [0.2, 0.25) is 10.0 Å². The number of nitrogens with one attached hydrogen (secondary N) is 1. The first-order chi connectivity index (χ1) is 20.6. The van der Waals surface area contributed by atoms with Gasteiger partial charge in [0, 0.05) is 47.1 Å². The number of aryl methyl sites for hydroxylation is 1. The summed E-state index contributed by atoms with van der Waals surface area (Å²) in [5.41, 5.74) is 2.65. The maximum Gasteiger partial charge on any atom is 0.245 e. The third-order valence-electron chi connectivity index (χ3n) is 7.39. The Hall–Kier alpha value is -3.22. The first-order valence-electron chi connectivity index (χ1n) is 14.0. The Morgan fingerprint density at radius 1 is 1.21 bits per heavy atom. The van der Waals surface area contributed by atoms with Crippen LogP contribution in [0, 0.1) is 6.92 Å². The fourth-order valence-electron chi connectivity index (χ4n) is 5.26. The minimum absolute atomic E-state index is 0.0342. The van der Waals surface area contributed by atoms with Crippen LogP contribution in [-0.2, 0) is 21.4 Å². The van der Waals surface area contributed by atoms with Gasteiger partial charge in [-0.2, -0.15) is 4.31 Å². The van der Waals surface area contributed by atoms with Crippen molar-refractivity contribution >= 4 is 50.0 Å². The van der Waals surface area contributed by atoms with Crippen LogP contribution in [0.1, 0.15) is 30.5 Å². The number of ether oxygens (including phenoxy) is 1. The molecule has 1 fully saturated rings. The number of amides is 1. The molecule has 0 bridgehead atoms. The van der Waals surface area contributed by atoms with E-state index in [1.54, 1.807) is 18.6 Å². The topological polar surface area (TPSA) is 110 Å². The Bertz CT molecular complexity index is 1730. The van der Waals surface area contributed by atoms with E-state index < -0.39 is 16.1 Å². The highest BCUT2D eigenvalue weighted by atomic mass is 35.5. The summed E-state index contributed by atoms with van der Waals surface area (Å²) in [6.45, 7) is 3.32. The Kier molecular flexibility index (Phi) is 9.57. The summed E-state index contributed by atoms with van der Waals surface area (Å²) in [4.78, 5) is 23.7. The zero-order chi connectivity index (χ0) is 30.7. The summed E-state index contributed by atoms with van der Waals surface area (Å²) < 4.78 is 37.0. The monoisotopic (exact) mass is 644 g/mol. The third kappa shape index (κ3) is 6.66. The van der Waals surface area contributed by atoms with E-state index in [2.05, 4.69) is 10.3 Å². The first kappa shape index (κ1) is 31.2. The molecule has 0 spiro atoms. The van der Waals surface area contributed by atoms with Crippen LogP contribution in [0.5, 0.6) is 5.75 Å². The van der Waals surface area contributed by atoms with Gasteiger partial charge in [-0.15, -0.1) is 0 Å². The number of aromatic nitrogens is 3. The fraction of sp³-hybridized carbons (Fsp3) is 0.367. The van der Waals surface area contributed by atoms with Crippen molar-refractivity contribution in [3.63, 3.8) is 0 Å². The van der Waals surface area contributed by atoms with Crippen molar-refractivity contribution in [1.29, 1.82) is 0 Å². The van der Waals surface area contributed by atoms with Gasteiger partial charge >= 0.3 is 0 Å². The molecule has 43 heavy (non-hydrogen) atoms. The van der Waals surface area contributed by atoms with E-state index >= 15 is 0 Å². The van der Waals surface area contributed by atoms with Crippen LogP contribution in [-0.4, -0.2) is 77.8 Å². The predicted octanol–water partition coefficient (Wildman–Crippen LogP) is 4.84. The highest BCUT2D eigenvalue weighted by Gasteiger charge is 2.40. The van der Waals surface area contributed by atoms with E-state index in [1.165, 1.54) is 16.4 Å². The molecule has 1 amide bonds. The molecular weight excluding hydrogens is 611 g/mol. The molecule has 0 saturated carbocycles. The Balaban J connectivity index is 1.39. The number of carbonyl (C=O) groups excluding carboxylic acids is 1. The average Bonchev–Trinajstić information content (AvgIpc) is 3.68. The van der Waals surface area contributed by atoms with E-state index in [9.17, 15) is 13.2 Å². The molecule has 1 saturated heterocycles. The molecule has 0 aliphatic carbocycles. The van der Waals surface area contributed by atoms with E-state index in [-0.39, 0.29) is 34.0 Å². The van der Waals surface area contributed by atoms with E-state index in [0.717, 1.165) is 29.7 Å². The van der Waals surface area contributed by atoms with Gasteiger partial charge in [0.2, 0.25) is 15.9 Å². The number of hydrogen-bond acceptors (Lipinski definition) is 7. The number of pyridine rings is 1. The number of sulfonamides is 1. The van der Waals surface area contributed by atoms with Crippen LogP contribution in [0.15, 0.2) is 60.0 Å². The number of carbonyl (C=O) groups is 1. The van der Waals surface area contributed by atoms with Crippen molar-refractivity contribution in [2.24, 2.45) is 0 Å². The van der Waals surface area contributed by atoms with E-state index in [1.807, 2.05) is 54.9 Å². The summed E-state index contributed by atoms with van der Waals surface area (Å²) in [5, 5.41) is 3.97. The molecule has 1 N–H and O–H groups in total. The van der Waals surface area contributed by atoms with Gasteiger partial charge in [-0.25, -0.2) is 18.4 Å². The van der Waals surface area contributed by atoms with Gasteiger partial charge in [0.1, 0.15) is 28.8 Å². The number of nitrogens with zero attached hydrogens (tertiary/aromatic N) is 5. The van der Waals surface area contributed by atoms with E-state index in [0.29, 0.717) is 36.2 Å². The lowest BCUT2D eigenvalue weighted by atomic mass is 10.1. The molecule has 13 heteroatoms. The highest BCUT2D eigenvalue weighted by Crippen LogP contribution is 2.37. The number of para-hydroxylation sites is 1. The lowest BCUT2D eigenvalue weighted by Gasteiger charge is -2.24. The van der Waals surface area contributed by atoms with Gasteiger partial charge in [0.05, 0.1) is 17.0 Å². The number of imidazole rings is 1. The molecular formula is C30H34Cl2N6O4S. The molecule has 5 rings (SSSR count). The minimum atomic E-state index is -4.10. The number of hydrogen-bond donors (Lipinski definition) is 1. The molecule has 1 atom stereocenters. The molecule has 0 radical (unpaired) electrons. The zero-order valence-corrected chi connectivity index (χ0v) is 26.6. The van der Waals surface area contributed by atoms with Crippen molar-refractivity contribution in [2.45, 2.75) is 43.7 Å². The molecule has 0 unspecified atom stereocenters. The summed E-state index contributed by atoms with van der Waals surface area (Å²) in [6.07, 6.45) is 7.05. The molecule has 2 aromatic heterocycles. The lowest BCUT2D eigenvalue weighted by molar-refractivity contribution is -0.124. The number of benzene rings is 2.